The number of nitrogens with zero attached hydrogens (tertiary/aromatic N) is 1. The zero-order valence-electron chi connectivity index (χ0n) is 10.3. The van der Waals surface area contributed by atoms with Crippen molar-refractivity contribution in [3.63, 3.8) is 0 Å². The highest BCUT2D eigenvalue weighted by molar-refractivity contribution is 7.87. The SMILES string of the molecule is O=S(Nc1ccnc(CC2CCOC2)c1)C1CC1. The maximum absolute atomic E-state index is 11.8. The minimum absolute atomic E-state index is 0.352. The Kier molecular flexibility index (Phi) is 3.61. The van der Waals surface area contributed by atoms with Gasteiger partial charge >= 0.3 is 0 Å². The predicted octanol–water partition coefficient (Wildman–Crippen LogP) is 1.90. The highest BCUT2D eigenvalue weighted by atomic mass is 32.2. The van der Waals surface area contributed by atoms with E-state index in [-0.39, 0.29) is 0 Å². The number of anilines is 1. The van der Waals surface area contributed by atoms with Crippen molar-refractivity contribution in [1.29, 1.82) is 0 Å². The number of rotatable bonds is 5. The van der Waals surface area contributed by atoms with Gasteiger partial charge in [-0.15, -0.1) is 0 Å². The van der Waals surface area contributed by atoms with Crippen LogP contribution in [0.1, 0.15) is 25.0 Å². The Labute approximate surface area is 110 Å². The number of nitrogens with one attached hydrogen (secondary N) is 1. The lowest BCUT2D eigenvalue weighted by Gasteiger charge is -2.09. The number of hydrogen-bond acceptors (Lipinski definition) is 3. The molecule has 0 radical (unpaired) electrons. The number of ether oxygens (including phenoxy) is 1. The first-order valence-corrected chi connectivity index (χ1v) is 7.72. The lowest BCUT2D eigenvalue weighted by molar-refractivity contribution is 0.185. The summed E-state index contributed by atoms with van der Waals surface area (Å²) in [6.45, 7) is 1.71. The summed E-state index contributed by atoms with van der Waals surface area (Å²) < 4.78 is 20.2. The Morgan fingerprint density at radius 3 is 3.06 bits per heavy atom. The van der Waals surface area contributed by atoms with E-state index in [0.717, 1.165) is 50.3 Å². The number of pyridine rings is 1. The first-order chi connectivity index (χ1) is 8.81. The van der Waals surface area contributed by atoms with E-state index < -0.39 is 11.0 Å². The lowest BCUT2D eigenvalue weighted by atomic mass is 10.0. The molecule has 1 aliphatic heterocycles. The fourth-order valence-electron chi connectivity index (χ4n) is 2.17. The molecule has 0 aromatic carbocycles. The van der Waals surface area contributed by atoms with Crippen molar-refractivity contribution in [2.45, 2.75) is 30.9 Å². The minimum Gasteiger partial charge on any atom is -0.381 e. The van der Waals surface area contributed by atoms with E-state index in [4.69, 9.17) is 4.74 Å². The molecule has 1 aromatic rings. The van der Waals surface area contributed by atoms with Gasteiger partial charge in [0.15, 0.2) is 0 Å². The summed E-state index contributed by atoms with van der Waals surface area (Å²) in [6, 6.07) is 3.90. The normalized spacial score (nSPS) is 25.0. The highest BCUT2D eigenvalue weighted by Gasteiger charge is 2.28. The third kappa shape index (κ3) is 3.09. The molecule has 0 amide bonds. The van der Waals surface area contributed by atoms with Crippen LogP contribution in [-0.2, 0) is 22.1 Å². The molecule has 18 heavy (non-hydrogen) atoms. The van der Waals surface area contributed by atoms with E-state index in [1.54, 1.807) is 6.20 Å². The molecule has 0 bridgehead atoms. The fourth-order valence-corrected chi connectivity index (χ4v) is 3.27. The molecule has 4 nitrogen and oxygen atoms in total. The Morgan fingerprint density at radius 2 is 2.33 bits per heavy atom. The first kappa shape index (κ1) is 12.1. The van der Waals surface area contributed by atoms with Crippen LogP contribution in [0.5, 0.6) is 0 Å². The monoisotopic (exact) mass is 266 g/mol. The minimum atomic E-state index is -0.926. The van der Waals surface area contributed by atoms with Gasteiger partial charge in [0.2, 0.25) is 0 Å². The van der Waals surface area contributed by atoms with Crippen molar-refractivity contribution in [1.82, 2.24) is 4.98 Å². The van der Waals surface area contributed by atoms with E-state index in [1.165, 1.54) is 0 Å². The van der Waals surface area contributed by atoms with Gasteiger partial charge < -0.3 is 9.46 Å². The quantitative estimate of drug-likeness (QED) is 0.885. The largest absolute Gasteiger partial charge is 0.381 e. The summed E-state index contributed by atoms with van der Waals surface area (Å²) in [6.07, 6.45) is 6.02. The average molecular weight is 266 g/mol. The molecule has 1 N–H and O–H groups in total. The molecule has 0 spiro atoms. The van der Waals surface area contributed by atoms with Gasteiger partial charge in [0.25, 0.3) is 0 Å². The van der Waals surface area contributed by atoms with E-state index in [0.29, 0.717) is 11.2 Å². The molecular weight excluding hydrogens is 248 g/mol. The molecule has 2 atom stereocenters. The molecule has 5 heteroatoms. The van der Waals surface area contributed by atoms with Gasteiger partial charge in [-0.25, -0.2) is 4.21 Å². The first-order valence-electron chi connectivity index (χ1n) is 6.51. The highest BCUT2D eigenvalue weighted by Crippen LogP contribution is 2.27. The molecule has 2 fully saturated rings. The summed E-state index contributed by atoms with van der Waals surface area (Å²) in [5.41, 5.74) is 1.98. The van der Waals surface area contributed by atoms with Gasteiger partial charge in [0.05, 0.1) is 5.25 Å². The van der Waals surface area contributed by atoms with Crippen molar-refractivity contribution in [2.75, 3.05) is 17.9 Å². The Morgan fingerprint density at radius 1 is 1.44 bits per heavy atom. The van der Waals surface area contributed by atoms with E-state index in [1.807, 2.05) is 12.1 Å². The molecule has 1 saturated carbocycles. The summed E-state index contributed by atoms with van der Waals surface area (Å²) in [5.74, 6) is 0.585. The molecule has 98 valence electrons. The molecule has 2 unspecified atom stereocenters. The summed E-state index contributed by atoms with van der Waals surface area (Å²) in [4.78, 5) is 4.38. The van der Waals surface area contributed by atoms with Gasteiger partial charge in [-0.1, -0.05) is 0 Å². The van der Waals surface area contributed by atoms with Crippen LogP contribution < -0.4 is 4.72 Å². The van der Waals surface area contributed by atoms with E-state index in [2.05, 4.69) is 9.71 Å². The van der Waals surface area contributed by atoms with Crippen molar-refractivity contribution < 1.29 is 8.95 Å². The third-order valence-electron chi connectivity index (χ3n) is 3.38. The van der Waals surface area contributed by atoms with Crippen LogP contribution in [0.25, 0.3) is 0 Å². The molecule has 2 heterocycles. The van der Waals surface area contributed by atoms with Crippen molar-refractivity contribution in [3.8, 4) is 0 Å². The van der Waals surface area contributed by atoms with E-state index >= 15 is 0 Å². The van der Waals surface area contributed by atoms with Crippen LogP contribution in [-0.4, -0.2) is 27.7 Å². The van der Waals surface area contributed by atoms with Gasteiger partial charge in [0, 0.05) is 30.8 Å². The van der Waals surface area contributed by atoms with Crippen LogP contribution >= 0.6 is 0 Å². The van der Waals surface area contributed by atoms with Crippen LogP contribution in [0.2, 0.25) is 0 Å². The second-order valence-corrected chi connectivity index (χ2v) is 6.53. The summed E-state index contributed by atoms with van der Waals surface area (Å²) >= 11 is 0. The Hall–Kier alpha value is -0.940. The van der Waals surface area contributed by atoms with E-state index in [9.17, 15) is 4.21 Å². The molecule has 3 rings (SSSR count). The van der Waals surface area contributed by atoms with Gasteiger partial charge in [0.1, 0.15) is 11.0 Å². The molecule has 2 aliphatic rings. The zero-order valence-corrected chi connectivity index (χ0v) is 11.1. The maximum Gasteiger partial charge on any atom is 0.120 e. The lowest BCUT2D eigenvalue weighted by Crippen LogP contribution is -2.10. The fraction of sp³-hybridized carbons (Fsp3) is 0.615. The van der Waals surface area contributed by atoms with Gasteiger partial charge in [-0.2, -0.15) is 0 Å². The van der Waals surface area contributed by atoms with Crippen LogP contribution in [0.3, 0.4) is 0 Å². The molecule has 1 aromatic heterocycles. The molecular formula is C13H18N2O2S. The Bertz CT molecular complexity index is 442. The van der Waals surface area contributed by atoms with Gasteiger partial charge in [-0.3, -0.25) is 4.98 Å². The van der Waals surface area contributed by atoms with Crippen LogP contribution in [0.15, 0.2) is 18.3 Å². The second kappa shape index (κ2) is 5.36. The average Bonchev–Trinajstić information content (AvgIpc) is 3.10. The maximum atomic E-state index is 11.8. The van der Waals surface area contributed by atoms with Crippen LogP contribution in [0.4, 0.5) is 5.69 Å². The number of aromatic nitrogens is 1. The van der Waals surface area contributed by atoms with Crippen molar-refractivity contribution >= 4 is 16.7 Å². The molecule has 1 aliphatic carbocycles. The second-order valence-electron chi connectivity index (χ2n) is 5.07. The summed E-state index contributed by atoms with van der Waals surface area (Å²) in [7, 11) is -0.926. The predicted molar refractivity (Wildman–Crippen MR) is 71.7 cm³/mol. The van der Waals surface area contributed by atoms with Crippen molar-refractivity contribution in [3.05, 3.63) is 24.0 Å². The van der Waals surface area contributed by atoms with Crippen LogP contribution in [0, 0.1) is 5.92 Å². The number of hydrogen-bond donors (Lipinski definition) is 1. The standard InChI is InChI=1S/C13H18N2O2S/c16-18(13-1-2-13)15-11-3-5-14-12(8-11)7-10-4-6-17-9-10/h3,5,8,10,13H,1-2,4,6-7,9H2,(H,14,15). The Balaban J connectivity index is 1.62. The smallest absolute Gasteiger partial charge is 0.120 e. The zero-order chi connectivity index (χ0) is 12.4. The van der Waals surface area contributed by atoms with Crippen molar-refractivity contribution in [2.24, 2.45) is 5.92 Å². The molecule has 1 saturated heterocycles. The van der Waals surface area contributed by atoms with Gasteiger partial charge in [-0.05, 0) is 43.7 Å². The third-order valence-corrected chi connectivity index (χ3v) is 4.90. The summed E-state index contributed by atoms with van der Waals surface area (Å²) in [5, 5.41) is 0.352. The topological polar surface area (TPSA) is 51.2 Å².